The van der Waals surface area contributed by atoms with Crippen molar-refractivity contribution in [2.24, 2.45) is 0 Å². The fourth-order valence-corrected chi connectivity index (χ4v) is 4.07. The van der Waals surface area contributed by atoms with Crippen LogP contribution in [-0.2, 0) is 6.42 Å². The number of carbonyl (C=O) groups excluding carboxylic acids is 1. The van der Waals surface area contributed by atoms with Crippen LogP contribution in [-0.4, -0.2) is 36.8 Å². The molecule has 3 aromatic rings. The highest BCUT2D eigenvalue weighted by atomic mass is 19.1. The van der Waals surface area contributed by atoms with Gasteiger partial charge < -0.3 is 4.90 Å². The average molecular weight is 361 g/mol. The van der Waals surface area contributed by atoms with E-state index in [0.29, 0.717) is 17.9 Å². The van der Waals surface area contributed by atoms with Gasteiger partial charge in [0.15, 0.2) is 5.82 Å². The Morgan fingerprint density at radius 2 is 1.93 bits per heavy atom. The van der Waals surface area contributed by atoms with Crippen molar-refractivity contribution in [1.82, 2.24) is 24.8 Å². The zero-order valence-electron chi connectivity index (χ0n) is 14.4. The molecule has 4 heterocycles. The Morgan fingerprint density at radius 1 is 1.07 bits per heavy atom. The molecule has 5 rings (SSSR count). The maximum absolute atomic E-state index is 13.2. The van der Waals surface area contributed by atoms with Gasteiger partial charge in [-0.1, -0.05) is 0 Å². The van der Waals surface area contributed by atoms with Crippen LogP contribution in [0, 0.1) is 5.82 Å². The molecule has 134 valence electrons. The van der Waals surface area contributed by atoms with E-state index in [4.69, 9.17) is 4.98 Å². The van der Waals surface area contributed by atoms with E-state index < -0.39 is 0 Å². The maximum atomic E-state index is 13.2. The third-order valence-corrected chi connectivity index (χ3v) is 5.31. The summed E-state index contributed by atoms with van der Waals surface area (Å²) in [6.07, 6.45) is 8.92. The first-order valence-corrected chi connectivity index (χ1v) is 8.91. The summed E-state index contributed by atoms with van der Waals surface area (Å²) in [5.41, 5.74) is 3.11. The molecule has 0 radical (unpaired) electrons. The van der Waals surface area contributed by atoms with E-state index >= 15 is 0 Å². The van der Waals surface area contributed by atoms with Crippen molar-refractivity contribution >= 4 is 5.91 Å². The Kier molecular flexibility index (Phi) is 3.67. The minimum absolute atomic E-state index is 0.0319. The van der Waals surface area contributed by atoms with Crippen LogP contribution in [0.3, 0.4) is 0 Å². The Labute approximate surface area is 155 Å². The Hall–Kier alpha value is -3.22. The highest BCUT2D eigenvalue weighted by Crippen LogP contribution is 2.43. The fourth-order valence-electron chi connectivity index (χ4n) is 4.07. The lowest BCUT2D eigenvalue weighted by molar-refractivity contribution is 0.0637. The molecule has 1 aromatic carbocycles. The molecule has 0 saturated carbocycles. The molecule has 2 aliphatic rings. The standard InChI is InChI=1S/C20H16FN5O/c21-13-3-1-12(2-4-13)19-24-10-15-16(25-19)9-14-5-6-18(15)26(14)20(27)17-11-22-7-8-23-17/h1-4,7-8,10-11,14,18H,5-6,9H2. The summed E-state index contributed by atoms with van der Waals surface area (Å²) in [5, 5.41) is 0. The molecule has 0 N–H and O–H groups in total. The predicted molar refractivity (Wildman–Crippen MR) is 95.1 cm³/mol. The monoisotopic (exact) mass is 361 g/mol. The Bertz CT molecular complexity index is 1010. The molecular weight excluding hydrogens is 345 g/mol. The highest BCUT2D eigenvalue weighted by molar-refractivity contribution is 5.93. The first-order chi connectivity index (χ1) is 13.2. The fraction of sp³-hybridized carbons (Fsp3) is 0.250. The van der Waals surface area contributed by atoms with Gasteiger partial charge >= 0.3 is 0 Å². The van der Waals surface area contributed by atoms with E-state index in [1.54, 1.807) is 18.3 Å². The summed E-state index contributed by atoms with van der Waals surface area (Å²) in [7, 11) is 0. The lowest BCUT2D eigenvalue weighted by atomic mass is 9.98. The van der Waals surface area contributed by atoms with Gasteiger partial charge in [0, 0.05) is 42.2 Å². The summed E-state index contributed by atoms with van der Waals surface area (Å²) in [4.78, 5) is 32.2. The minimum Gasteiger partial charge on any atom is -0.327 e. The van der Waals surface area contributed by atoms with Crippen LogP contribution in [0.15, 0.2) is 49.1 Å². The molecule has 2 atom stereocenters. The second-order valence-electron chi connectivity index (χ2n) is 6.86. The Morgan fingerprint density at radius 3 is 2.70 bits per heavy atom. The van der Waals surface area contributed by atoms with Crippen LogP contribution in [0.5, 0.6) is 0 Å². The number of fused-ring (bicyclic) bond motifs is 4. The van der Waals surface area contributed by atoms with Crippen LogP contribution in [0.25, 0.3) is 11.4 Å². The van der Waals surface area contributed by atoms with E-state index in [1.807, 2.05) is 11.1 Å². The predicted octanol–water partition coefficient (Wildman–Crippen LogP) is 2.97. The molecule has 2 aliphatic heterocycles. The topological polar surface area (TPSA) is 71.9 Å². The molecule has 6 nitrogen and oxygen atoms in total. The van der Waals surface area contributed by atoms with Gasteiger partial charge in [-0.25, -0.2) is 19.3 Å². The van der Waals surface area contributed by atoms with Crippen LogP contribution in [0.2, 0.25) is 0 Å². The Balaban J connectivity index is 1.49. The number of carbonyl (C=O) groups is 1. The van der Waals surface area contributed by atoms with Gasteiger partial charge in [-0.05, 0) is 37.1 Å². The molecule has 2 aromatic heterocycles. The van der Waals surface area contributed by atoms with Gasteiger partial charge in [-0.3, -0.25) is 9.78 Å². The summed E-state index contributed by atoms with van der Waals surface area (Å²) in [6, 6.07) is 6.24. The number of nitrogens with zero attached hydrogens (tertiary/aromatic N) is 5. The lowest BCUT2D eigenvalue weighted by Crippen LogP contribution is -2.42. The van der Waals surface area contributed by atoms with Gasteiger partial charge in [0.05, 0.1) is 17.9 Å². The van der Waals surface area contributed by atoms with Gasteiger partial charge in [0.25, 0.3) is 5.91 Å². The average Bonchev–Trinajstić information content (AvgIpc) is 3.03. The molecule has 2 unspecified atom stereocenters. The minimum atomic E-state index is -0.284. The van der Waals surface area contributed by atoms with Crippen molar-refractivity contribution in [3.8, 4) is 11.4 Å². The molecule has 1 saturated heterocycles. The second-order valence-corrected chi connectivity index (χ2v) is 6.86. The smallest absolute Gasteiger partial charge is 0.274 e. The van der Waals surface area contributed by atoms with Crippen LogP contribution >= 0.6 is 0 Å². The molecule has 2 bridgehead atoms. The van der Waals surface area contributed by atoms with Crippen LogP contribution < -0.4 is 0 Å². The van der Waals surface area contributed by atoms with Gasteiger partial charge in [0.1, 0.15) is 11.5 Å². The summed E-state index contributed by atoms with van der Waals surface area (Å²) >= 11 is 0. The molecule has 27 heavy (non-hydrogen) atoms. The first kappa shape index (κ1) is 16.0. The van der Waals surface area contributed by atoms with Crippen LogP contribution in [0.1, 0.15) is 40.6 Å². The number of hydrogen-bond acceptors (Lipinski definition) is 5. The lowest BCUT2D eigenvalue weighted by Gasteiger charge is -2.35. The number of benzene rings is 1. The van der Waals surface area contributed by atoms with Gasteiger partial charge in [0.2, 0.25) is 0 Å². The van der Waals surface area contributed by atoms with Gasteiger partial charge in [-0.2, -0.15) is 0 Å². The van der Waals surface area contributed by atoms with E-state index in [-0.39, 0.29) is 23.8 Å². The zero-order valence-corrected chi connectivity index (χ0v) is 14.4. The molecule has 7 heteroatoms. The second kappa shape index (κ2) is 6.19. The van der Waals surface area contributed by atoms with Crippen molar-refractivity contribution in [1.29, 1.82) is 0 Å². The van der Waals surface area contributed by atoms with E-state index in [0.717, 1.165) is 29.7 Å². The van der Waals surface area contributed by atoms with Crippen LogP contribution in [0.4, 0.5) is 4.39 Å². The maximum Gasteiger partial charge on any atom is 0.274 e. The SMILES string of the molecule is O=C(c1cnccn1)N1C2CCC1c1cnc(-c3ccc(F)cc3)nc1C2. The number of rotatable bonds is 2. The van der Waals surface area contributed by atoms with Gasteiger partial charge in [-0.15, -0.1) is 0 Å². The third kappa shape index (κ3) is 2.66. The van der Waals surface area contributed by atoms with Crippen molar-refractivity contribution < 1.29 is 9.18 Å². The first-order valence-electron chi connectivity index (χ1n) is 8.91. The van der Waals surface area contributed by atoms with E-state index in [9.17, 15) is 9.18 Å². The summed E-state index contributed by atoms with van der Waals surface area (Å²) in [6.45, 7) is 0. The largest absolute Gasteiger partial charge is 0.327 e. The number of halogens is 1. The van der Waals surface area contributed by atoms with Crippen molar-refractivity contribution in [3.63, 3.8) is 0 Å². The molecular formula is C20H16FN5O. The van der Waals surface area contributed by atoms with Crippen molar-refractivity contribution in [2.45, 2.75) is 31.3 Å². The third-order valence-electron chi connectivity index (χ3n) is 5.31. The summed E-state index contributed by atoms with van der Waals surface area (Å²) < 4.78 is 13.2. The molecule has 0 spiro atoms. The molecule has 0 aliphatic carbocycles. The number of amides is 1. The molecule has 1 fully saturated rings. The molecule has 1 amide bonds. The normalized spacial score (nSPS) is 20.4. The number of aromatic nitrogens is 4. The quantitative estimate of drug-likeness (QED) is 0.702. The van der Waals surface area contributed by atoms with Crippen molar-refractivity contribution in [3.05, 3.63) is 71.8 Å². The van der Waals surface area contributed by atoms with E-state index in [1.165, 1.54) is 24.5 Å². The summed E-state index contributed by atoms with van der Waals surface area (Å²) in [5.74, 6) is 0.207. The van der Waals surface area contributed by atoms with E-state index in [2.05, 4.69) is 15.0 Å². The zero-order chi connectivity index (χ0) is 18.4. The highest BCUT2D eigenvalue weighted by Gasteiger charge is 2.44. The van der Waals surface area contributed by atoms with Crippen molar-refractivity contribution in [2.75, 3.05) is 0 Å². The number of hydrogen-bond donors (Lipinski definition) is 0.